The Morgan fingerprint density at radius 1 is 1.00 bits per heavy atom. The summed E-state index contributed by atoms with van der Waals surface area (Å²) in [5.41, 5.74) is 1.56. The van der Waals surface area contributed by atoms with Gasteiger partial charge in [-0.05, 0) is 62.7 Å². The lowest BCUT2D eigenvalue weighted by atomic mass is 9.55. The van der Waals surface area contributed by atoms with E-state index in [1.54, 1.807) is 19.1 Å². The molecule has 11 nitrogen and oxygen atoms in total. The molecule has 4 rings (SSSR count). The third-order valence-electron chi connectivity index (χ3n) is 11.3. The summed E-state index contributed by atoms with van der Waals surface area (Å²) in [5.74, 6) is -8.44. The van der Waals surface area contributed by atoms with Crippen molar-refractivity contribution < 1.29 is 44.3 Å². The highest BCUT2D eigenvalue weighted by Gasteiger charge is 2.68. The number of hydrogen-bond donors (Lipinski definition) is 5. The minimum atomic E-state index is -2.96. The second-order valence-electron chi connectivity index (χ2n) is 14.4. The zero-order valence-corrected chi connectivity index (χ0v) is 29.7. The Hall–Kier alpha value is -3.70. The Balaban J connectivity index is 1.76. The number of benzene rings is 1. The average Bonchev–Trinajstić information content (AvgIpc) is 3.04. The molecule has 0 aromatic heterocycles. The van der Waals surface area contributed by atoms with Crippen LogP contribution in [0.1, 0.15) is 114 Å². The number of nitrogens with zero attached hydrogens (tertiary/aromatic N) is 1. The summed E-state index contributed by atoms with van der Waals surface area (Å²) in [7, 11) is 3.07. The monoisotopic (exact) mass is 682 g/mol. The van der Waals surface area contributed by atoms with E-state index >= 15 is 0 Å². The average molecular weight is 683 g/mol. The van der Waals surface area contributed by atoms with Gasteiger partial charge >= 0.3 is 5.97 Å². The van der Waals surface area contributed by atoms with Crippen molar-refractivity contribution in [3.8, 4) is 5.75 Å². The number of ether oxygens (including phenoxy) is 1. The summed E-state index contributed by atoms with van der Waals surface area (Å²) in [6, 6.07) is 3.23. The number of rotatable bonds is 15. The predicted molar refractivity (Wildman–Crippen MR) is 184 cm³/mol. The van der Waals surface area contributed by atoms with Gasteiger partial charge in [-0.25, -0.2) is 0 Å². The van der Waals surface area contributed by atoms with Crippen LogP contribution in [0.25, 0.3) is 0 Å². The Labute approximate surface area is 289 Å². The highest BCUT2D eigenvalue weighted by molar-refractivity contribution is 6.25. The van der Waals surface area contributed by atoms with Gasteiger partial charge in [0.1, 0.15) is 28.9 Å². The van der Waals surface area contributed by atoms with Crippen molar-refractivity contribution in [3.05, 3.63) is 52.0 Å². The Morgan fingerprint density at radius 2 is 1.65 bits per heavy atom. The van der Waals surface area contributed by atoms with E-state index in [4.69, 9.17) is 10.5 Å². The number of aromatic hydroxyl groups is 1. The van der Waals surface area contributed by atoms with Crippen molar-refractivity contribution >= 4 is 23.4 Å². The van der Waals surface area contributed by atoms with Crippen LogP contribution in [-0.2, 0) is 19.1 Å². The van der Waals surface area contributed by atoms with Crippen LogP contribution in [0.2, 0.25) is 0 Å². The number of phenolic OH excluding ortho intramolecular Hbond substituents is 1. The van der Waals surface area contributed by atoms with Crippen molar-refractivity contribution in [1.29, 1.82) is 0 Å². The Bertz CT molecular complexity index is 1510. The van der Waals surface area contributed by atoms with Gasteiger partial charge in [-0.3, -0.25) is 24.1 Å². The van der Waals surface area contributed by atoms with E-state index in [9.17, 15) is 39.6 Å². The summed E-state index contributed by atoms with van der Waals surface area (Å²) < 4.78 is 6.20. The van der Waals surface area contributed by atoms with Crippen LogP contribution < -0.4 is 5.73 Å². The standard InChI is InChI=1S/C38H54N2O9/c1-7-10-11-14-22(19-21(8-2)9-3)15-12-18-25(42)49-34-26-20(4)23-16-13-17-24(41)27(23)32(43)28(26)35(45)38(48)30(34)31(40(5)6)33(44)29(36(38)46)37(39)47/h13,16-17,20-22,26,30-31,34,41,44-45,48H,7-12,14-15,18-19H2,1-6H3,(H2,39,47)/t20-,22?,26+,30+,31-,34-,38-/m0/s1. The van der Waals surface area contributed by atoms with Gasteiger partial charge in [-0.2, -0.15) is 0 Å². The third kappa shape index (κ3) is 6.88. The lowest BCUT2D eigenvalue weighted by Gasteiger charge is -2.54. The smallest absolute Gasteiger partial charge is 0.306 e. The van der Waals surface area contributed by atoms with Gasteiger partial charge in [0.05, 0.1) is 17.5 Å². The molecule has 49 heavy (non-hydrogen) atoms. The molecule has 3 aliphatic rings. The number of nitrogens with two attached hydrogens (primary N) is 1. The molecule has 7 atom stereocenters. The van der Waals surface area contributed by atoms with Crippen LogP contribution in [-0.4, -0.2) is 80.6 Å². The number of likely N-dealkylation sites (N-methyl/N-ethyl adjacent to an activating group) is 1. The molecule has 3 aliphatic carbocycles. The number of carbonyl (C=O) groups excluding carboxylic acids is 4. The van der Waals surface area contributed by atoms with E-state index in [1.165, 1.54) is 25.1 Å². The Morgan fingerprint density at radius 3 is 2.24 bits per heavy atom. The fraction of sp³-hybridized carbons (Fsp3) is 0.632. The zero-order chi connectivity index (χ0) is 36.4. The van der Waals surface area contributed by atoms with Gasteiger partial charge in [-0.15, -0.1) is 0 Å². The Kier molecular flexibility index (Phi) is 12.0. The topological polar surface area (TPSA) is 188 Å². The van der Waals surface area contributed by atoms with Crippen LogP contribution in [0.3, 0.4) is 0 Å². The van der Waals surface area contributed by atoms with Crippen molar-refractivity contribution in [2.24, 2.45) is 29.4 Å². The molecule has 0 aliphatic heterocycles. The lowest BCUT2D eigenvalue weighted by molar-refractivity contribution is -0.181. The summed E-state index contributed by atoms with van der Waals surface area (Å²) in [6.45, 7) is 8.32. The van der Waals surface area contributed by atoms with Crippen LogP contribution >= 0.6 is 0 Å². The van der Waals surface area contributed by atoms with Gasteiger partial charge in [0.25, 0.3) is 5.91 Å². The molecule has 0 saturated carbocycles. The van der Waals surface area contributed by atoms with Gasteiger partial charge in [0, 0.05) is 17.9 Å². The molecule has 0 spiro atoms. The molecule has 11 heteroatoms. The number of aliphatic hydroxyl groups is 3. The molecule has 270 valence electrons. The van der Waals surface area contributed by atoms with E-state index in [-0.39, 0.29) is 17.7 Å². The summed E-state index contributed by atoms with van der Waals surface area (Å²) in [5, 5.41) is 46.0. The number of esters is 1. The summed E-state index contributed by atoms with van der Waals surface area (Å²) in [4.78, 5) is 55.7. The van der Waals surface area contributed by atoms with E-state index in [2.05, 4.69) is 20.8 Å². The number of primary amides is 1. The molecule has 0 saturated heterocycles. The van der Waals surface area contributed by atoms with Crippen LogP contribution in [0.15, 0.2) is 40.9 Å². The first-order valence-electron chi connectivity index (χ1n) is 17.8. The van der Waals surface area contributed by atoms with Gasteiger partial charge in [0.15, 0.2) is 11.4 Å². The maximum atomic E-state index is 14.1. The lowest BCUT2D eigenvalue weighted by Crippen LogP contribution is -2.69. The number of fused-ring (bicyclic) bond motifs is 3. The molecule has 0 heterocycles. The van der Waals surface area contributed by atoms with Crippen molar-refractivity contribution in [2.75, 3.05) is 14.1 Å². The van der Waals surface area contributed by atoms with E-state index in [1.807, 2.05) is 0 Å². The number of amides is 1. The van der Waals surface area contributed by atoms with Crippen LogP contribution in [0.4, 0.5) is 0 Å². The highest BCUT2D eigenvalue weighted by Crippen LogP contribution is 2.56. The largest absolute Gasteiger partial charge is 0.510 e. The fourth-order valence-electron chi connectivity index (χ4n) is 8.60. The number of unbranched alkanes of at least 4 members (excludes halogenated alkanes) is 2. The molecule has 6 N–H and O–H groups in total. The summed E-state index contributed by atoms with van der Waals surface area (Å²) in [6.07, 6.45) is 7.79. The molecule has 0 bridgehead atoms. The fourth-order valence-corrected chi connectivity index (χ4v) is 8.60. The van der Waals surface area contributed by atoms with Crippen LogP contribution in [0, 0.1) is 23.7 Å². The van der Waals surface area contributed by atoms with Crippen LogP contribution in [0.5, 0.6) is 5.75 Å². The van der Waals surface area contributed by atoms with Crippen molar-refractivity contribution in [1.82, 2.24) is 4.90 Å². The zero-order valence-electron chi connectivity index (χ0n) is 29.7. The minimum Gasteiger partial charge on any atom is -0.510 e. The third-order valence-corrected chi connectivity index (χ3v) is 11.3. The van der Waals surface area contributed by atoms with Crippen molar-refractivity contribution in [2.45, 2.75) is 116 Å². The van der Waals surface area contributed by atoms with E-state index in [0.717, 1.165) is 51.4 Å². The first-order valence-corrected chi connectivity index (χ1v) is 17.8. The van der Waals surface area contributed by atoms with Crippen molar-refractivity contribution in [3.63, 3.8) is 0 Å². The second kappa shape index (κ2) is 15.5. The SMILES string of the molecule is CCCCCC(CCCC(=O)O[C@H]1[C@H]2C(=C(O)[C@]3(O)C(=O)C(C(N)=O)=C(O)[C@@H](N(C)C)[C@H]13)C(=O)c1c(O)cccc1[C@@H]2C)CC(CC)CC. The highest BCUT2D eigenvalue weighted by atomic mass is 16.5. The first kappa shape index (κ1) is 38.1. The molecule has 1 amide bonds. The molecular weight excluding hydrogens is 628 g/mol. The number of aliphatic hydroxyl groups excluding tert-OH is 2. The maximum absolute atomic E-state index is 14.1. The van der Waals surface area contributed by atoms with E-state index < -0.39 is 81.6 Å². The van der Waals surface area contributed by atoms with Gasteiger partial charge in [0.2, 0.25) is 5.78 Å². The molecule has 1 unspecified atom stereocenters. The maximum Gasteiger partial charge on any atom is 0.306 e. The normalized spacial score (nSPS) is 27.2. The number of carbonyl (C=O) groups is 4. The predicted octanol–water partition coefficient (Wildman–Crippen LogP) is 5.40. The molecule has 1 aromatic rings. The number of Topliss-reactive ketones (excluding diaryl/α,β-unsaturated/α-hetero) is 2. The molecular formula is C38H54N2O9. The molecule has 0 radical (unpaired) electrons. The minimum absolute atomic E-state index is 0.0429. The molecule has 1 aromatic carbocycles. The first-order chi connectivity index (χ1) is 23.2. The number of phenols is 1. The summed E-state index contributed by atoms with van der Waals surface area (Å²) >= 11 is 0. The molecule has 0 fully saturated rings. The van der Waals surface area contributed by atoms with E-state index in [0.29, 0.717) is 23.8 Å². The van der Waals surface area contributed by atoms with Gasteiger partial charge < -0.3 is 30.9 Å². The van der Waals surface area contributed by atoms with Gasteiger partial charge in [-0.1, -0.05) is 78.4 Å². The second-order valence-corrected chi connectivity index (χ2v) is 14.4. The number of hydrogen-bond acceptors (Lipinski definition) is 10. The quantitative estimate of drug-likeness (QED) is 0.0911. The number of ketones is 2.